The van der Waals surface area contributed by atoms with Gasteiger partial charge < -0.3 is 10.2 Å². The number of carbonyl (C=O) groups excluding carboxylic acids is 1. The quantitative estimate of drug-likeness (QED) is 0.879. The summed E-state index contributed by atoms with van der Waals surface area (Å²) in [7, 11) is 0. The molecule has 1 aromatic carbocycles. The van der Waals surface area contributed by atoms with E-state index in [-0.39, 0.29) is 5.91 Å². The van der Waals surface area contributed by atoms with Gasteiger partial charge in [0.1, 0.15) is 0 Å². The van der Waals surface area contributed by atoms with Gasteiger partial charge in [-0.15, -0.1) is 0 Å². The first-order valence-corrected chi connectivity index (χ1v) is 7.99. The number of halogens is 1. The summed E-state index contributed by atoms with van der Waals surface area (Å²) in [4.78, 5) is 22.4. The van der Waals surface area contributed by atoms with Crippen LogP contribution in [0.4, 0.5) is 11.6 Å². The summed E-state index contributed by atoms with van der Waals surface area (Å²) in [6, 6.07) is 5.92. The fraction of sp³-hybridized carbons (Fsp3) is 0.312. The second-order valence-electron chi connectivity index (χ2n) is 4.86. The van der Waals surface area contributed by atoms with Gasteiger partial charge >= 0.3 is 0 Å². The number of hydrogen-bond donors (Lipinski definition) is 1. The summed E-state index contributed by atoms with van der Waals surface area (Å²) in [6.45, 7) is 7.26. The average molecular weight is 363 g/mol. The van der Waals surface area contributed by atoms with Crippen molar-refractivity contribution in [1.29, 1.82) is 0 Å². The van der Waals surface area contributed by atoms with Crippen molar-refractivity contribution < 1.29 is 4.79 Å². The molecule has 0 radical (unpaired) electrons. The minimum Gasteiger partial charge on any atom is -0.339 e. The van der Waals surface area contributed by atoms with Crippen LogP contribution < -0.4 is 5.32 Å². The zero-order valence-corrected chi connectivity index (χ0v) is 14.5. The van der Waals surface area contributed by atoms with Gasteiger partial charge in [0.15, 0.2) is 0 Å². The molecule has 2 aromatic rings. The highest BCUT2D eigenvalue weighted by atomic mass is 79.9. The van der Waals surface area contributed by atoms with Crippen molar-refractivity contribution in [2.24, 2.45) is 0 Å². The molecule has 0 aliphatic heterocycles. The maximum Gasteiger partial charge on any atom is 0.256 e. The van der Waals surface area contributed by atoms with Crippen molar-refractivity contribution in [1.82, 2.24) is 14.9 Å². The van der Waals surface area contributed by atoms with E-state index in [0.717, 1.165) is 15.7 Å². The number of amides is 1. The van der Waals surface area contributed by atoms with Gasteiger partial charge in [-0.25, -0.2) is 9.97 Å². The van der Waals surface area contributed by atoms with Crippen LogP contribution in [0.5, 0.6) is 0 Å². The molecule has 1 heterocycles. The van der Waals surface area contributed by atoms with E-state index in [0.29, 0.717) is 24.6 Å². The van der Waals surface area contributed by atoms with Crippen molar-refractivity contribution >= 4 is 33.5 Å². The molecule has 0 saturated carbocycles. The van der Waals surface area contributed by atoms with Crippen LogP contribution in [0.2, 0.25) is 0 Å². The SMILES string of the molecule is CCN(CC)C(=O)c1cnc(Nc2ccc(Br)cc2C)nc1. The van der Waals surface area contributed by atoms with Crippen molar-refractivity contribution in [2.45, 2.75) is 20.8 Å². The minimum atomic E-state index is -0.0450. The number of carbonyl (C=O) groups is 1. The molecule has 6 heteroatoms. The van der Waals surface area contributed by atoms with Crippen LogP contribution in [0.25, 0.3) is 0 Å². The van der Waals surface area contributed by atoms with E-state index < -0.39 is 0 Å². The lowest BCUT2D eigenvalue weighted by molar-refractivity contribution is 0.0772. The van der Waals surface area contributed by atoms with E-state index in [1.54, 1.807) is 17.3 Å². The fourth-order valence-corrected chi connectivity index (χ4v) is 2.56. The highest BCUT2D eigenvalue weighted by Gasteiger charge is 2.13. The summed E-state index contributed by atoms with van der Waals surface area (Å²) in [5.74, 6) is 0.429. The lowest BCUT2D eigenvalue weighted by Crippen LogP contribution is -2.30. The molecular weight excluding hydrogens is 344 g/mol. The lowest BCUT2D eigenvalue weighted by Gasteiger charge is -2.18. The lowest BCUT2D eigenvalue weighted by atomic mass is 10.2. The first kappa shape index (κ1) is 16.4. The Balaban J connectivity index is 2.13. The number of benzene rings is 1. The van der Waals surface area contributed by atoms with Crippen LogP contribution in [0.3, 0.4) is 0 Å². The van der Waals surface area contributed by atoms with Crippen LogP contribution in [-0.2, 0) is 0 Å². The molecular formula is C16H19BrN4O. The van der Waals surface area contributed by atoms with Crippen LogP contribution >= 0.6 is 15.9 Å². The third kappa shape index (κ3) is 3.82. The molecule has 0 spiro atoms. The summed E-state index contributed by atoms with van der Waals surface area (Å²) < 4.78 is 1.02. The number of nitrogens with zero attached hydrogens (tertiary/aromatic N) is 3. The molecule has 0 fully saturated rings. The topological polar surface area (TPSA) is 58.1 Å². The van der Waals surface area contributed by atoms with Crippen LogP contribution in [-0.4, -0.2) is 33.9 Å². The van der Waals surface area contributed by atoms with Gasteiger partial charge in [0.2, 0.25) is 5.95 Å². The van der Waals surface area contributed by atoms with Crippen molar-refractivity contribution in [2.75, 3.05) is 18.4 Å². The maximum atomic E-state index is 12.2. The Morgan fingerprint density at radius 1 is 1.23 bits per heavy atom. The van der Waals surface area contributed by atoms with Crippen LogP contribution in [0.1, 0.15) is 29.8 Å². The molecule has 0 saturated heterocycles. The Kier molecular flexibility index (Phi) is 5.49. The van der Waals surface area contributed by atoms with Gasteiger partial charge in [-0.1, -0.05) is 15.9 Å². The molecule has 1 amide bonds. The predicted molar refractivity (Wildman–Crippen MR) is 91.4 cm³/mol. The Labute approximate surface area is 138 Å². The largest absolute Gasteiger partial charge is 0.339 e. The summed E-state index contributed by atoms with van der Waals surface area (Å²) in [6.07, 6.45) is 3.12. The molecule has 1 aromatic heterocycles. The summed E-state index contributed by atoms with van der Waals surface area (Å²) in [5.41, 5.74) is 2.52. The van der Waals surface area contributed by atoms with Gasteiger partial charge in [0, 0.05) is 35.6 Å². The van der Waals surface area contributed by atoms with Gasteiger partial charge in [-0.05, 0) is 44.5 Å². The van der Waals surface area contributed by atoms with E-state index in [9.17, 15) is 4.79 Å². The fourth-order valence-electron chi connectivity index (χ4n) is 2.08. The molecule has 0 atom stereocenters. The number of nitrogens with one attached hydrogen (secondary N) is 1. The third-order valence-electron chi connectivity index (χ3n) is 3.38. The third-order valence-corrected chi connectivity index (χ3v) is 3.88. The molecule has 0 aliphatic carbocycles. The maximum absolute atomic E-state index is 12.2. The number of aryl methyl sites for hydroxylation is 1. The molecule has 2 rings (SSSR count). The van der Waals surface area contributed by atoms with Crippen molar-refractivity contribution in [3.8, 4) is 0 Å². The van der Waals surface area contributed by atoms with Crippen molar-refractivity contribution in [3.05, 3.63) is 46.2 Å². The number of hydrogen-bond acceptors (Lipinski definition) is 4. The average Bonchev–Trinajstić information content (AvgIpc) is 2.52. The Morgan fingerprint density at radius 3 is 2.41 bits per heavy atom. The highest BCUT2D eigenvalue weighted by Crippen LogP contribution is 2.22. The zero-order chi connectivity index (χ0) is 16.1. The molecule has 1 N–H and O–H groups in total. The van der Waals surface area contributed by atoms with Gasteiger partial charge in [0.05, 0.1) is 5.56 Å². The monoisotopic (exact) mass is 362 g/mol. The van der Waals surface area contributed by atoms with Crippen LogP contribution in [0, 0.1) is 6.92 Å². The summed E-state index contributed by atoms with van der Waals surface area (Å²) >= 11 is 3.43. The van der Waals surface area contributed by atoms with E-state index >= 15 is 0 Å². The van der Waals surface area contributed by atoms with Crippen LogP contribution in [0.15, 0.2) is 35.1 Å². The van der Waals surface area contributed by atoms with E-state index in [4.69, 9.17) is 0 Å². The molecule has 0 unspecified atom stereocenters. The van der Waals surface area contributed by atoms with E-state index in [1.165, 1.54) is 0 Å². The summed E-state index contributed by atoms with van der Waals surface area (Å²) in [5, 5.41) is 3.15. The first-order valence-electron chi connectivity index (χ1n) is 7.19. The first-order chi connectivity index (χ1) is 10.5. The molecule has 0 bridgehead atoms. The normalized spacial score (nSPS) is 10.4. The predicted octanol–water partition coefficient (Wildman–Crippen LogP) is 3.77. The minimum absolute atomic E-state index is 0.0450. The molecule has 22 heavy (non-hydrogen) atoms. The number of rotatable bonds is 5. The Bertz CT molecular complexity index is 654. The zero-order valence-electron chi connectivity index (χ0n) is 12.9. The van der Waals surface area contributed by atoms with E-state index in [1.807, 2.05) is 39.0 Å². The van der Waals surface area contributed by atoms with Gasteiger partial charge in [-0.3, -0.25) is 4.79 Å². The van der Waals surface area contributed by atoms with Gasteiger partial charge in [0.25, 0.3) is 5.91 Å². The molecule has 0 aliphatic rings. The van der Waals surface area contributed by atoms with E-state index in [2.05, 4.69) is 31.2 Å². The molecule has 5 nitrogen and oxygen atoms in total. The molecule has 116 valence electrons. The smallest absolute Gasteiger partial charge is 0.256 e. The standard InChI is InChI=1S/C16H19BrN4O/c1-4-21(5-2)15(22)12-9-18-16(19-10-12)20-14-7-6-13(17)8-11(14)3/h6-10H,4-5H2,1-3H3,(H,18,19,20). The highest BCUT2D eigenvalue weighted by molar-refractivity contribution is 9.10. The second kappa shape index (κ2) is 7.35. The number of aromatic nitrogens is 2. The Hall–Kier alpha value is -1.95. The van der Waals surface area contributed by atoms with Gasteiger partial charge in [-0.2, -0.15) is 0 Å². The second-order valence-corrected chi connectivity index (χ2v) is 5.77. The van der Waals surface area contributed by atoms with Crippen molar-refractivity contribution in [3.63, 3.8) is 0 Å². The Morgan fingerprint density at radius 2 is 1.86 bits per heavy atom. The number of anilines is 2.